The first kappa shape index (κ1) is 14.5. The van der Waals surface area contributed by atoms with Crippen molar-refractivity contribution in [2.45, 2.75) is 37.4 Å². The summed E-state index contributed by atoms with van der Waals surface area (Å²) in [5.74, 6) is -0.503. The van der Waals surface area contributed by atoms with Gasteiger partial charge in [-0.3, -0.25) is 0 Å². The SMILES string of the molecule is Cc1ccc([S@+]([O-])/N=C\CCC2(C)OCCO2)cc1. The molecule has 1 atom stereocenters. The topological polar surface area (TPSA) is 53.9 Å². The second kappa shape index (κ2) is 6.52. The lowest BCUT2D eigenvalue weighted by molar-refractivity contribution is -0.144. The molecule has 0 spiro atoms. The predicted molar refractivity (Wildman–Crippen MR) is 75.6 cm³/mol. The zero-order valence-corrected chi connectivity index (χ0v) is 12.1. The Hall–Kier alpha value is -0.880. The van der Waals surface area contributed by atoms with Gasteiger partial charge >= 0.3 is 0 Å². The summed E-state index contributed by atoms with van der Waals surface area (Å²) in [4.78, 5) is 0.724. The van der Waals surface area contributed by atoms with Gasteiger partial charge in [-0.25, -0.2) is 0 Å². The summed E-state index contributed by atoms with van der Waals surface area (Å²) in [6.07, 6.45) is 3.10. The van der Waals surface area contributed by atoms with Crippen molar-refractivity contribution in [2.75, 3.05) is 13.2 Å². The molecule has 0 radical (unpaired) electrons. The molecule has 0 aliphatic carbocycles. The number of nitrogens with zero attached hydrogens (tertiary/aromatic N) is 1. The zero-order valence-electron chi connectivity index (χ0n) is 11.3. The minimum Gasteiger partial charge on any atom is -0.586 e. The van der Waals surface area contributed by atoms with Gasteiger partial charge in [0.2, 0.25) is 0 Å². The van der Waals surface area contributed by atoms with E-state index < -0.39 is 17.1 Å². The Morgan fingerprint density at radius 1 is 1.32 bits per heavy atom. The number of benzene rings is 1. The Morgan fingerprint density at radius 3 is 2.58 bits per heavy atom. The summed E-state index contributed by atoms with van der Waals surface area (Å²) >= 11 is -1.32. The van der Waals surface area contributed by atoms with Crippen molar-refractivity contribution >= 4 is 17.6 Å². The number of hydrogen-bond donors (Lipinski definition) is 0. The fourth-order valence-electron chi connectivity index (χ4n) is 1.86. The maximum absolute atomic E-state index is 11.9. The molecule has 0 bridgehead atoms. The highest BCUT2D eigenvalue weighted by Gasteiger charge is 2.29. The quantitative estimate of drug-likeness (QED) is 0.616. The standard InChI is InChI=1S/C14H19NO3S/c1-12-4-6-13(7-5-12)19(16)15-9-3-8-14(2)17-10-11-18-14/h4-7,9H,3,8,10-11H2,1-2H3/b15-9-/t19-/m0/s1. The maximum Gasteiger partial charge on any atom is 0.182 e. The molecule has 19 heavy (non-hydrogen) atoms. The van der Waals surface area contributed by atoms with Crippen LogP contribution in [0.15, 0.2) is 33.6 Å². The number of ether oxygens (including phenoxy) is 2. The zero-order chi connectivity index (χ0) is 13.7. The lowest BCUT2D eigenvalue weighted by atomic mass is 10.2. The van der Waals surface area contributed by atoms with Crippen LogP contribution in [0.25, 0.3) is 0 Å². The first-order chi connectivity index (χ1) is 9.09. The summed E-state index contributed by atoms with van der Waals surface area (Å²) in [5.41, 5.74) is 1.15. The molecular weight excluding hydrogens is 262 g/mol. The Labute approximate surface area is 117 Å². The Morgan fingerprint density at radius 2 is 1.95 bits per heavy atom. The summed E-state index contributed by atoms with van der Waals surface area (Å²) in [6, 6.07) is 7.55. The van der Waals surface area contributed by atoms with Crippen molar-refractivity contribution in [3.8, 4) is 0 Å². The maximum atomic E-state index is 11.9. The highest BCUT2D eigenvalue weighted by molar-refractivity contribution is 7.90. The van der Waals surface area contributed by atoms with Gasteiger partial charge in [-0.2, -0.15) is 0 Å². The normalized spacial score (nSPS) is 19.9. The van der Waals surface area contributed by atoms with Crippen LogP contribution in [0.2, 0.25) is 0 Å². The molecule has 104 valence electrons. The summed E-state index contributed by atoms with van der Waals surface area (Å²) in [7, 11) is 0. The highest BCUT2D eigenvalue weighted by atomic mass is 32.2. The van der Waals surface area contributed by atoms with Crippen molar-refractivity contribution in [3.05, 3.63) is 29.8 Å². The fourth-order valence-corrected chi connectivity index (χ4v) is 2.60. The molecule has 1 heterocycles. The van der Waals surface area contributed by atoms with Crippen LogP contribution in [0.5, 0.6) is 0 Å². The second-order valence-corrected chi connectivity index (χ2v) is 5.90. The lowest BCUT2D eigenvalue weighted by Gasteiger charge is -2.20. The van der Waals surface area contributed by atoms with E-state index >= 15 is 0 Å². The smallest absolute Gasteiger partial charge is 0.182 e. The minimum absolute atomic E-state index is 0.503. The minimum atomic E-state index is -1.32. The Kier molecular flexibility index (Phi) is 4.99. The van der Waals surface area contributed by atoms with Crippen LogP contribution in [0.4, 0.5) is 0 Å². The van der Waals surface area contributed by atoms with Crippen molar-refractivity contribution in [1.82, 2.24) is 0 Å². The van der Waals surface area contributed by atoms with Gasteiger partial charge in [0.05, 0.1) is 19.4 Å². The molecule has 1 aliphatic heterocycles. The van der Waals surface area contributed by atoms with Crippen LogP contribution in [0, 0.1) is 6.92 Å². The van der Waals surface area contributed by atoms with Crippen molar-refractivity contribution in [2.24, 2.45) is 4.40 Å². The van der Waals surface area contributed by atoms with Gasteiger partial charge in [-0.05, 0) is 32.4 Å². The van der Waals surface area contributed by atoms with E-state index in [2.05, 4.69) is 4.40 Å². The van der Waals surface area contributed by atoms with E-state index in [1.165, 1.54) is 0 Å². The van der Waals surface area contributed by atoms with Gasteiger partial charge in [0.15, 0.2) is 10.7 Å². The van der Waals surface area contributed by atoms with E-state index in [0.29, 0.717) is 19.6 Å². The van der Waals surface area contributed by atoms with Gasteiger partial charge in [0, 0.05) is 6.42 Å². The average molecular weight is 281 g/mol. The number of aryl methyl sites for hydroxylation is 1. The third-order valence-corrected chi connectivity index (χ3v) is 4.03. The van der Waals surface area contributed by atoms with E-state index in [0.717, 1.165) is 16.9 Å². The van der Waals surface area contributed by atoms with Crippen molar-refractivity contribution in [1.29, 1.82) is 0 Å². The summed E-state index contributed by atoms with van der Waals surface area (Å²) in [6.45, 7) is 5.20. The van der Waals surface area contributed by atoms with E-state index in [-0.39, 0.29) is 0 Å². The van der Waals surface area contributed by atoms with Gasteiger partial charge < -0.3 is 14.0 Å². The third kappa shape index (κ3) is 4.31. The van der Waals surface area contributed by atoms with E-state index in [1.54, 1.807) is 6.21 Å². The van der Waals surface area contributed by atoms with Crippen LogP contribution < -0.4 is 0 Å². The first-order valence-electron chi connectivity index (χ1n) is 6.38. The molecule has 0 amide bonds. The molecule has 1 aliphatic rings. The molecule has 1 fully saturated rings. The van der Waals surface area contributed by atoms with Crippen molar-refractivity contribution in [3.63, 3.8) is 0 Å². The van der Waals surface area contributed by atoms with Crippen LogP contribution in [-0.2, 0) is 20.8 Å². The molecule has 2 rings (SSSR count). The Bertz CT molecular complexity index is 427. The molecular formula is C14H19NO3S. The fraction of sp³-hybridized carbons (Fsp3) is 0.500. The molecule has 0 N–H and O–H groups in total. The second-order valence-electron chi connectivity index (χ2n) is 4.72. The van der Waals surface area contributed by atoms with E-state index in [9.17, 15) is 4.55 Å². The van der Waals surface area contributed by atoms with Gasteiger partial charge in [-0.1, -0.05) is 22.1 Å². The first-order valence-corrected chi connectivity index (χ1v) is 7.49. The molecule has 0 aromatic heterocycles. The monoisotopic (exact) mass is 281 g/mol. The highest BCUT2D eigenvalue weighted by Crippen LogP contribution is 2.23. The van der Waals surface area contributed by atoms with Gasteiger partial charge in [0.25, 0.3) is 0 Å². The number of rotatable bonds is 5. The third-order valence-electron chi connectivity index (χ3n) is 3.02. The molecule has 1 saturated heterocycles. The largest absolute Gasteiger partial charge is 0.586 e. The van der Waals surface area contributed by atoms with E-state index in [1.807, 2.05) is 38.1 Å². The number of hydrogen-bond acceptors (Lipinski definition) is 4. The molecule has 1 aromatic carbocycles. The van der Waals surface area contributed by atoms with Gasteiger partial charge in [-0.15, -0.1) is 0 Å². The van der Waals surface area contributed by atoms with Crippen LogP contribution in [0.3, 0.4) is 0 Å². The molecule has 5 heteroatoms. The molecule has 0 saturated carbocycles. The molecule has 0 unspecified atom stereocenters. The Balaban J connectivity index is 1.80. The van der Waals surface area contributed by atoms with Crippen LogP contribution >= 0.6 is 0 Å². The van der Waals surface area contributed by atoms with Crippen LogP contribution in [0.1, 0.15) is 25.3 Å². The summed E-state index contributed by atoms with van der Waals surface area (Å²) in [5, 5.41) is 0. The molecule has 4 nitrogen and oxygen atoms in total. The van der Waals surface area contributed by atoms with Crippen LogP contribution in [-0.4, -0.2) is 29.8 Å². The van der Waals surface area contributed by atoms with Gasteiger partial charge in [0.1, 0.15) is 11.4 Å². The lowest BCUT2D eigenvalue weighted by Crippen LogP contribution is -2.25. The predicted octanol–water partition coefficient (Wildman–Crippen LogP) is 2.63. The average Bonchev–Trinajstić information content (AvgIpc) is 2.83. The molecule has 1 aromatic rings. The summed E-state index contributed by atoms with van der Waals surface area (Å²) < 4.78 is 26.9. The van der Waals surface area contributed by atoms with Crippen molar-refractivity contribution < 1.29 is 14.0 Å². The van der Waals surface area contributed by atoms with E-state index in [4.69, 9.17) is 9.47 Å².